The molecule has 0 saturated carbocycles. The van der Waals surface area contributed by atoms with E-state index in [0.29, 0.717) is 36.9 Å². The molecule has 1 heterocycles. The van der Waals surface area contributed by atoms with E-state index in [0.717, 1.165) is 5.56 Å². The van der Waals surface area contributed by atoms with E-state index in [4.69, 9.17) is 14.2 Å². The fourth-order valence-corrected chi connectivity index (χ4v) is 4.13. The lowest BCUT2D eigenvalue weighted by molar-refractivity contribution is 0.233. The predicted octanol–water partition coefficient (Wildman–Crippen LogP) is 2.77. The summed E-state index contributed by atoms with van der Waals surface area (Å²) >= 11 is 0. The minimum atomic E-state index is -3.63. The molecular weight excluding hydrogens is 354 g/mol. The summed E-state index contributed by atoms with van der Waals surface area (Å²) in [4.78, 5) is 0.204. The first-order valence-corrected chi connectivity index (χ1v) is 10.1. The second kappa shape index (κ2) is 7.97. The zero-order chi connectivity index (χ0) is 18.6. The van der Waals surface area contributed by atoms with Crippen LogP contribution in [-0.2, 0) is 16.4 Å². The van der Waals surface area contributed by atoms with Gasteiger partial charge in [-0.1, -0.05) is 12.1 Å². The standard InChI is InChI=1S/C19H23NO5S/c1-3-23-16-8-10-17(11-9-16)26(21,22)20-15-12-14-6-5-7-18(24-4-2)19(14)25-13-15/h5-11,15,20H,3-4,12-13H2,1-2H3. The van der Waals surface area contributed by atoms with Crippen molar-refractivity contribution < 1.29 is 22.6 Å². The summed E-state index contributed by atoms with van der Waals surface area (Å²) in [5, 5.41) is 0. The molecule has 0 aromatic heterocycles. The van der Waals surface area contributed by atoms with E-state index in [1.54, 1.807) is 12.1 Å². The quantitative estimate of drug-likeness (QED) is 0.803. The second-order valence-electron chi connectivity index (χ2n) is 5.92. The van der Waals surface area contributed by atoms with E-state index in [9.17, 15) is 8.42 Å². The van der Waals surface area contributed by atoms with Crippen molar-refractivity contribution in [1.29, 1.82) is 0 Å². The van der Waals surface area contributed by atoms with Gasteiger partial charge in [0.2, 0.25) is 10.0 Å². The van der Waals surface area contributed by atoms with Crippen molar-refractivity contribution in [2.45, 2.75) is 31.2 Å². The molecule has 140 valence electrons. The molecule has 1 unspecified atom stereocenters. The van der Waals surface area contributed by atoms with Gasteiger partial charge in [0.1, 0.15) is 12.4 Å². The molecule has 2 aromatic rings. The Morgan fingerprint density at radius 1 is 1.08 bits per heavy atom. The molecule has 3 rings (SSSR count). The van der Waals surface area contributed by atoms with Gasteiger partial charge in [-0.2, -0.15) is 0 Å². The molecule has 7 heteroatoms. The third kappa shape index (κ3) is 4.11. The van der Waals surface area contributed by atoms with Gasteiger partial charge in [-0.05, 0) is 56.2 Å². The van der Waals surface area contributed by atoms with E-state index in [1.807, 2.05) is 32.0 Å². The maximum atomic E-state index is 12.6. The molecule has 1 aliphatic rings. The van der Waals surface area contributed by atoms with Crippen molar-refractivity contribution in [1.82, 2.24) is 4.72 Å². The summed E-state index contributed by atoms with van der Waals surface area (Å²) in [5.41, 5.74) is 0.932. The average Bonchev–Trinajstić information content (AvgIpc) is 2.62. The first kappa shape index (κ1) is 18.5. The maximum Gasteiger partial charge on any atom is 0.240 e. The van der Waals surface area contributed by atoms with Crippen LogP contribution in [0.25, 0.3) is 0 Å². The smallest absolute Gasteiger partial charge is 0.240 e. The van der Waals surface area contributed by atoms with Crippen LogP contribution in [0.1, 0.15) is 19.4 Å². The van der Waals surface area contributed by atoms with Crippen LogP contribution in [0.4, 0.5) is 0 Å². The van der Waals surface area contributed by atoms with Gasteiger partial charge >= 0.3 is 0 Å². The topological polar surface area (TPSA) is 73.9 Å². The first-order valence-electron chi connectivity index (χ1n) is 8.66. The zero-order valence-corrected chi connectivity index (χ0v) is 15.7. The lowest BCUT2D eigenvalue weighted by Crippen LogP contribution is -2.42. The fraction of sp³-hybridized carbons (Fsp3) is 0.368. The van der Waals surface area contributed by atoms with Crippen molar-refractivity contribution in [3.8, 4) is 17.2 Å². The molecule has 0 radical (unpaired) electrons. The number of para-hydroxylation sites is 1. The molecule has 1 N–H and O–H groups in total. The minimum absolute atomic E-state index is 0.204. The molecule has 2 aromatic carbocycles. The molecule has 0 spiro atoms. The summed E-state index contributed by atoms with van der Waals surface area (Å²) in [7, 11) is -3.63. The number of fused-ring (bicyclic) bond motifs is 1. The van der Waals surface area contributed by atoms with Gasteiger partial charge in [0.05, 0.1) is 24.2 Å². The third-order valence-electron chi connectivity index (χ3n) is 4.02. The summed E-state index contributed by atoms with van der Waals surface area (Å²) in [5.74, 6) is 2.04. The van der Waals surface area contributed by atoms with Gasteiger partial charge < -0.3 is 14.2 Å². The summed E-state index contributed by atoms with van der Waals surface area (Å²) < 4.78 is 44.7. The van der Waals surface area contributed by atoms with Crippen molar-refractivity contribution in [2.24, 2.45) is 0 Å². The highest BCUT2D eigenvalue weighted by Crippen LogP contribution is 2.35. The highest BCUT2D eigenvalue weighted by molar-refractivity contribution is 7.89. The number of nitrogens with one attached hydrogen (secondary N) is 1. The molecule has 26 heavy (non-hydrogen) atoms. The third-order valence-corrected chi connectivity index (χ3v) is 5.56. The number of hydrogen-bond acceptors (Lipinski definition) is 5. The molecular formula is C19H23NO5S. The fourth-order valence-electron chi connectivity index (χ4n) is 2.91. The average molecular weight is 377 g/mol. The van der Waals surface area contributed by atoms with E-state index in [1.165, 1.54) is 12.1 Å². The molecule has 0 saturated heterocycles. The van der Waals surface area contributed by atoms with Crippen LogP contribution in [-0.4, -0.2) is 34.3 Å². The number of sulfonamides is 1. The molecule has 0 bridgehead atoms. The van der Waals surface area contributed by atoms with Crippen LogP contribution in [0.15, 0.2) is 47.4 Å². The maximum absolute atomic E-state index is 12.6. The lowest BCUT2D eigenvalue weighted by Gasteiger charge is -2.27. The summed E-state index contributed by atoms with van der Waals surface area (Å²) in [6, 6.07) is 11.7. The molecule has 1 aliphatic heterocycles. The Morgan fingerprint density at radius 2 is 1.81 bits per heavy atom. The Morgan fingerprint density at radius 3 is 2.50 bits per heavy atom. The van der Waals surface area contributed by atoms with E-state index < -0.39 is 10.0 Å². The van der Waals surface area contributed by atoms with Crippen molar-refractivity contribution >= 4 is 10.0 Å². The Balaban J connectivity index is 1.72. The largest absolute Gasteiger partial charge is 0.494 e. The lowest BCUT2D eigenvalue weighted by atomic mass is 10.0. The number of hydrogen-bond donors (Lipinski definition) is 1. The van der Waals surface area contributed by atoms with Crippen LogP contribution in [0, 0.1) is 0 Å². The van der Waals surface area contributed by atoms with Gasteiger partial charge in [0.15, 0.2) is 11.5 Å². The Labute approximate surface area is 154 Å². The SMILES string of the molecule is CCOc1ccc(S(=O)(=O)NC2COc3c(cccc3OCC)C2)cc1. The number of ether oxygens (including phenoxy) is 3. The second-order valence-corrected chi connectivity index (χ2v) is 7.63. The van der Waals surface area contributed by atoms with Gasteiger partial charge in [-0.3, -0.25) is 0 Å². The summed E-state index contributed by atoms with van der Waals surface area (Å²) in [6.45, 7) is 5.13. The van der Waals surface area contributed by atoms with Gasteiger partial charge in [-0.25, -0.2) is 13.1 Å². The normalized spacial score (nSPS) is 16.5. The Bertz CT molecular complexity index is 849. The van der Waals surface area contributed by atoms with Crippen molar-refractivity contribution in [3.63, 3.8) is 0 Å². The van der Waals surface area contributed by atoms with Crippen molar-refractivity contribution in [3.05, 3.63) is 48.0 Å². The van der Waals surface area contributed by atoms with E-state index in [-0.39, 0.29) is 17.5 Å². The molecule has 6 nitrogen and oxygen atoms in total. The minimum Gasteiger partial charge on any atom is -0.494 e. The number of benzene rings is 2. The number of rotatable bonds is 7. The monoisotopic (exact) mass is 377 g/mol. The van der Waals surface area contributed by atoms with Gasteiger partial charge in [0.25, 0.3) is 0 Å². The van der Waals surface area contributed by atoms with Gasteiger partial charge in [0, 0.05) is 0 Å². The molecule has 0 fully saturated rings. The highest BCUT2D eigenvalue weighted by Gasteiger charge is 2.27. The molecule has 0 amide bonds. The molecule has 0 aliphatic carbocycles. The van der Waals surface area contributed by atoms with E-state index in [2.05, 4.69) is 4.72 Å². The first-order chi connectivity index (χ1) is 12.5. The molecule has 1 atom stereocenters. The summed E-state index contributed by atoms with van der Waals surface area (Å²) in [6.07, 6.45) is 0.548. The highest BCUT2D eigenvalue weighted by atomic mass is 32.2. The van der Waals surface area contributed by atoms with Crippen LogP contribution < -0.4 is 18.9 Å². The Hall–Kier alpha value is -2.25. The predicted molar refractivity (Wildman–Crippen MR) is 98.5 cm³/mol. The Kier molecular flexibility index (Phi) is 5.68. The van der Waals surface area contributed by atoms with Crippen molar-refractivity contribution in [2.75, 3.05) is 19.8 Å². The van der Waals surface area contributed by atoms with Crippen LogP contribution in [0.2, 0.25) is 0 Å². The van der Waals surface area contributed by atoms with Crippen LogP contribution in [0.3, 0.4) is 0 Å². The zero-order valence-electron chi connectivity index (χ0n) is 14.9. The van der Waals surface area contributed by atoms with Crippen LogP contribution in [0.5, 0.6) is 17.2 Å². The van der Waals surface area contributed by atoms with Gasteiger partial charge in [-0.15, -0.1) is 0 Å². The van der Waals surface area contributed by atoms with Crippen LogP contribution >= 0.6 is 0 Å². The van der Waals surface area contributed by atoms with E-state index >= 15 is 0 Å².